The third-order valence-electron chi connectivity index (χ3n) is 3.87. The second kappa shape index (κ2) is 6.70. The summed E-state index contributed by atoms with van der Waals surface area (Å²) in [6, 6.07) is 10.7. The maximum Gasteiger partial charge on any atom is 0.360 e. The molecule has 2 aromatic rings. The smallest absolute Gasteiger partial charge is 0.360 e. The molecule has 6 heteroatoms. The Morgan fingerprint density at radius 2 is 2.18 bits per heavy atom. The highest BCUT2D eigenvalue weighted by Crippen LogP contribution is 2.22. The Labute approximate surface area is 129 Å². The van der Waals surface area contributed by atoms with Crippen molar-refractivity contribution in [1.29, 1.82) is 0 Å². The van der Waals surface area contributed by atoms with Crippen molar-refractivity contribution in [3.63, 3.8) is 0 Å². The molecule has 2 heterocycles. The monoisotopic (exact) mass is 300 g/mol. The lowest BCUT2D eigenvalue weighted by Gasteiger charge is -2.15. The molecular weight excluding hydrogens is 280 g/mol. The summed E-state index contributed by atoms with van der Waals surface area (Å²) in [6.07, 6.45) is 2.70. The summed E-state index contributed by atoms with van der Waals surface area (Å²) in [6.45, 7) is 5.01. The molecule has 1 saturated heterocycles. The number of hydrogen-bond donors (Lipinski definition) is 0. The maximum atomic E-state index is 11.6. The molecule has 22 heavy (non-hydrogen) atoms. The Kier molecular flexibility index (Phi) is 4.48. The van der Waals surface area contributed by atoms with Crippen LogP contribution in [0.25, 0.3) is 0 Å². The molecule has 3 rings (SSSR count). The van der Waals surface area contributed by atoms with Crippen molar-refractivity contribution in [2.45, 2.75) is 25.9 Å². The number of benzene rings is 1. The molecule has 1 aliphatic heterocycles. The summed E-state index contributed by atoms with van der Waals surface area (Å²) < 4.78 is 6.73. The first-order valence-electron chi connectivity index (χ1n) is 7.61. The molecule has 0 spiro atoms. The minimum Gasteiger partial charge on any atom is -0.461 e. The van der Waals surface area contributed by atoms with Gasteiger partial charge >= 0.3 is 5.97 Å². The average Bonchev–Trinajstić information content (AvgIpc) is 3.17. The van der Waals surface area contributed by atoms with E-state index in [9.17, 15) is 4.79 Å². The molecule has 1 fully saturated rings. The molecule has 116 valence electrons. The fourth-order valence-electron chi connectivity index (χ4n) is 2.77. The molecule has 1 aliphatic rings. The van der Waals surface area contributed by atoms with Gasteiger partial charge in [-0.25, -0.2) is 9.48 Å². The van der Waals surface area contributed by atoms with E-state index < -0.39 is 5.97 Å². The molecule has 0 bridgehead atoms. The van der Waals surface area contributed by atoms with Crippen LogP contribution in [0, 0.1) is 0 Å². The molecular formula is C16H20N4O2. The Morgan fingerprint density at radius 1 is 1.36 bits per heavy atom. The number of carbonyl (C=O) groups is 1. The summed E-state index contributed by atoms with van der Waals surface area (Å²) in [5.74, 6) is -0.409. The van der Waals surface area contributed by atoms with Gasteiger partial charge in [0.15, 0.2) is 5.69 Å². The van der Waals surface area contributed by atoms with E-state index in [0.717, 1.165) is 26.1 Å². The maximum absolute atomic E-state index is 11.6. The highest BCUT2D eigenvalue weighted by atomic mass is 16.5. The lowest BCUT2D eigenvalue weighted by molar-refractivity contribution is 0.0519. The molecule has 1 unspecified atom stereocenters. The Bertz CT molecular complexity index is 626. The van der Waals surface area contributed by atoms with E-state index in [2.05, 4.69) is 39.5 Å². The number of carbonyl (C=O) groups excluding carboxylic acids is 1. The lowest BCUT2D eigenvalue weighted by atomic mass is 10.2. The molecule has 0 saturated carbocycles. The van der Waals surface area contributed by atoms with Gasteiger partial charge in [0.2, 0.25) is 0 Å². The van der Waals surface area contributed by atoms with Crippen molar-refractivity contribution < 1.29 is 9.53 Å². The van der Waals surface area contributed by atoms with Crippen LogP contribution >= 0.6 is 0 Å². The van der Waals surface area contributed by atoms with E-state index in [1.54, 1.807) is 17.8 Å². The fourth-order valence-corrected chi connectivity index (χ4v) is 2.77. The number of nitrogens with zero attached hydrogens (tertiary/aromatic N) is 4. The van der Waals surface area contributed by atoms with Crippen molar-refractivity contribution >= 4 is 5.97 Å². The second-order valence-electron chi connectivity index (χ2n) is 5.47. The van der Waals surface area contributed by atoms with Crippen LogP contribution in [-0.4, -0.2) is 45.6 Å². The van der Waals surface area contributed by atoms with E-state index in [1.807, 2.05) is 6.07 Å². The summed E-state index contributed by atoms with van der Waals surface area (Å²) in [5, 5.41) is 7.99. The van der Waals surface area contributed by atoms with Gasteiger partial charge in [-0.3, -0.25) is 4.90 Å². The van der Waals surface area contributed by atoms with Gasteiger partial charge in [-0.05, 0) is 18.9 Å². The van der Waals surface area contributed by atoms with Crippen molar-refractivity contribution in [2.75, 3.05) is 19.7 Å². The van der Waals surface area contributed by atoms with E-state index in [0.29, 0.717) is 6.61 Å². The molecule has 0 radical (unpaired) electrons. The zero-order chi connectivity index (χ0) is 15.4. The first-order chi connectivity index (χ1) is 10.8. The topological polar surface area (TPSA) is 60.2 Å². The van der Waals surface area contributed by atoms with Gasteiger partial charge in [0.05, 0.1) is 18.8 Å². The van der Waals surface area contributed by atoms with Crippen molar-refractivity contribution in [1.82, 2.24) is 19.9 Å². The highest BCUT2D eigenvalue weighted by Gasteiger charge is 2.25. The number of hydrogen-bond acceptors (Lipinski definition) is 5. The van der Waals surface area contributed by atoms with Crippen LogP contribution in [0.1, 0.15) is 35.4 Å². The van der Waals surface area contributed by atoms with Crippen molar-refractivity contribution in [3.8, 4) is 0 Å². The molecule has 0 N–H and O–H groups in total. The van der Waals surface area contributed by atoms with Crippen LogP contribution in [0.5, 0.6) is 0 Å². The Morgan fingerprint density at radius 3 is 2.95 bits per heavy atom. The van der Waals surface area contributed by atoms with Gasteiger partial charge in [-0.2, -0.15) is 0 Å². The SMILES string of the molecule is CCOC(=O)c1cn(C2CCN(Cc3ccccc3)C2)nn1. The predicted octanol–water partition coefficient (Wildman–Crippen LogP) is 1.90. The molecule has 0 amide bonds. The third-order valence-corrected chi connectivity index (χ3v) is 3.87. The average molecular weight is 300 g/mol. The standard InChI is InChI=1S/C16H20N4O2/c1-2-22-16(21)15-12-20(18-17-15)14-8-9-19(11-14)10-13-6-4-3-5-7-13/h3-7,12,14H,2,8-11H2,1H3. The minimum atomic E-state index is -0.409. The quantitative estimate of drug-likeness (QED) is 0.789. The number of rotatable bonds is 5. The van der Waals surface area contributed by atoms with Gasteiger partial charge in [0, 0.05) is 19.6 Å². The molecule has 1 aromatic carbocycles. The van der Waals surface area contributed by atoms with Crippen LogP contribution in [0.4, 0.5) is 0 Å². The zero-order valence-electron chi connectivity index (χ0n) is 12.7. The first-order valence-corrected chi connectivity index (χ1v) is 7.61. The van der Waals surface area contributed by atoms with Gasteiger partial charge < -0.3 is 4.74 Å². The van der Waals surface area contributed by atoms with Gasteiger partial charge in [0.25, 0.3) is 0 Å². The molecule has 0 aliphatic carbocycles. The molecule has 1 aromatic heterocycles. The third kappa shape index (κ3) is 3.33. The van der Waals surface area contributed by atoms with Crippen LogP contribution < -0.4 is 0 Å². The number of esters is 1. The van der Waals surface area contributed by atoms with Crippen LogP contribution in [0.3, 0.4) is 0 Å². The van der Waals surface area contributed by atoms with Crippen LogP contribution in [0.2, 0.25) is 0 Å². The molecule has 6 nitrogen and oxygen atoms in total. The normalized spacial score (nSPS) is 18.5. The Balaban J connectivity index is 1.59. The Hall–Kier alpha value is -2.21. The van der Waals surface area contributed by atoms with Gasteiger partial charge in [0.1, 0.15) is 0 Å². The number of aromatic nitrogens is 3. The van der Waals surface area contributed by atoms with Crippen LogP contribution in [-0.2, 0) is 11.3 Å². The van der Waals surface area contributed by atoms with Gasteiger partial charge in [-0.15, -0.1) is 5.10 Å². The van der Waals surface area contributed by atoms with E-state index in [4.69, 9.17) is 4.74 Å². The largest absolute Gasteiger partial charge is 0.461 e. The van der Waals surface area contributed by atoms with E-state index in [1.165, 1.54) is 5.56 Å². The highest BCUT2D eigenvalue weighted by molar-refractivity contribution is 5.86. The summed E-state index contributed by atoms with van der Waals surface area (Å²) >= 11 is 0. The number of likely N-dealkylation sites (tertiary alicyclic amines) is 1. The van der Waals surface area contributed by atoms with E-state index >= 15 is 0 Å². The zero-order valence-corrected chi connectivity index (χ0v) is 12.7. The summed E-state index contributed by atoms with van der Waals surface area (Å²) in [7, 11) is 0. The van der Waals surface area contributed by atoms with Crippen molar-refractivity contribution in [3.05, 3.63) is 47.8 Å². The minimum absolute atomic E-state index is 0.263. The van der Waals surface area contributed by atoms with Gasteiger partial charge in [-0.1, -0.05) is 35.5 Å². The van der Waals surface area contributed by atoms with E-state index in [-0.39, 0.29) is 11.7 Å². The van der Waals surface area contributed by atoms with Crippen molar-refractivity contribution in [2.24, 2.45) is 0 Å². The lowest BCUT2D eigenvalue weighted by Crippen LogP contribution is -2.21. The van der Waals surface area contributed by atoms with Crippen LogP contribution in [0.15, 0.2) is 36.5 Å². The second-order valence-corrected chi connectivity index (χ2v) is 5.47. The number of ether oxygens (including phenoxy) is 1. The molecule has 1 atom stereocenters. The predicted molar refractivity (Wildman–Crippen MR) is 81.4 cm³/mol. The first kappa shape index (κ1) is 14.7. The summed E-state index contributed by atoms with van der Waals surface area (Å²) in [4.78, 5) is 14.0. The summed E-state index contributed by atoms with van der Waals surface area (Å²) in [5.41, 5.74) is 1.59. The fraction of sp³-hybridized carbons (Fsp3) is 0.438.